The highest BCUT2D eigenvalue weighted by Crippen LogP contribution is 2.25. The summed E-state index contributed by atoms with van der Waals surface area (Å²) in [6.45, 7) is 6.35. The molecular weight excluding hydrogens is 192 g/mol. The molecule has 0 aliphatic rings. The summed E-state index contributed by atoms with van der Waals surface area (Å²) >= 11 is 0. The highest BCUT2D eigenvalue weighted by atomic mass is 16.5. The Morgan fingerprint density at radius 1 is 1.40 bits per heavy atom. The van der Waals surface area contributed by atoms with Crippen molar-refractivity contribution in [2.24, 2.45) is 0 Å². The van der Waals surface area contributed by atoms with Gasteiger partial charge in [0, 0.05) is 6.61 Å². The molecule has 0 aliphatic carbocycles. The van der Waals surface area contributed by atoms with Crippen LogP contribution in [-0.4, -0.2) is 18.0 Å². The van der Waals surface area contributed by atoms with E-state index in [1.54, 1.807) is 12.1 Å². The Bertz CT molecular complexity index is 297. The highest BCUT2D eigenvalue weighted by molar-refractivity contribution is 6.00. The summed E-state index contributed by atoms with van der Waals surface area (Å²) in [5, 5.41) is 0. The van der Waals surface area contributed by atoms with Crippen molar-refractivity contribution in [1.82, 2.24) is 0 Å². The molecule has 0 N–H and O–H groups in total. The predicted octanol–water partition coefficient (Wildman–Crippen LogP) is 3.06. The molecule has 84 valence electrons. The first-order valence-electron chi connectivity index (χ1n) is 5.42. The number of Topliss-reactive ketones (excluding diaryl/α,β-unsaturated/α-hetero) is 1. The maximum absolute atomic E-state index is 12.2. The fraction of sp³-hybridized carbons (Fsp3) is 0.583. The van der Waals surface area contributed by atoms with Crippen LogP contribution in [0.5, 0.6) is 0 Å². The van der Waals surface area contributed by atoms with Gasteiger partial charge in [0.2, 0.25) is 5.78 Å². The summed E-state index contributed by atoms with van der Waals surface area (Å²) in [7, 11) is 0. The summed E-state index contributed by atoms with van der Waals surface area (Å²) in [5.74, 6) is 0.325. The minimum atomic E-state index is -0.716. The molecule has 0 aromatic carbocycles. The van der Waals surface area contributed by atoms with Gasteiger partial charge in [-0.15, -0.1) is 0 Å². The van der Waals surface area contributed by atoms with Gasteiger partial charge in [0.15, 0.2) is 5.76 Å². The lowest BCUT2D eigenvalue weighted by molar-refractivity contribution is -0.0266. The van der Waals surface area contributed by atoms with Crippen LogP contribution in [0.4, 0.5) is 0 Å². The van der Waals surface area contributed by atoms with Crippen LogP contribution >= 0.6 is 0 Å². The third-order valence-electron chi connectivity index (χ3n) is 2.72. The van der Waals surface area contributed by atoms with Gasteiger partial charge in [0.1, 0.15) is 5.60 Å². The normalized spacial score (nSPS) is 11.7. The van der Waals surface area contributed by atoms with E-state index in [1.165, 1.54) is 6.26 Å². The predicted molar refractivity (Wildman–Crippen MR) is 58.0 cm³/mol. The van der Waals surface area contributed by atoms with Crippen molar-refractivity contribution in [3.05, 3.63) is 24.2 Å². The van der Waals surface area contributed by atoms with Crippen LogP contribution in [0.2, 0.25) is 0 Å². The Labute approximate surface area is 90.4 Å². The Kier molecular flexibility index (Phi) is 4.09. The van der Waals surface area contributed by atoms with Gasteiger partial charge in [0.05, 0.1) is 6.26 Å². The topological polar surface area (TPSA) is 39.4 Å². The molecular formula is C12H18O3. The first-order chi connectivity index (χ1) is 7.20. The lowest BCUT2D eigenvalue weighted by Gasteiger charge is -2.28. The van der Waals surface area contributed by atoms with Gasteiger partial charge in [-0.1, -0.05) is 13.8 Å². The molecule has 15 heavy (non-hydrogen) atoms. The Morgan fingerprint density at radius 3 is 2.47 bits per heavy atom. The molecule has 0 fully saturated rings. The molecule has 0 bridgehead atoms. The van der Waals surface area contributed by atoms with Crippen molar-refractivity contribution in [2.45, 2.75) is 39.2 Å². The van der Waals surface area contributed by atoms with E-state index < -0.39 is 5.60 Å². The minimum Gasteiger partial charge on any atom is -0.461 e. The number of ketones is 1. The lowest BCUT2D eigenvalue weighted by atomic mass is 9.90. The summed E-state index contributed by atoms with van der Waals surface area (Å²) in [6.07, 6.45) is 2.84. The Hall–Kier alpha value is -1.09. The van der Waals surface area contributed by atoms with E-state index in [1.807, 2.05) is 20.8 Å². The largest absolute Gasteiger partial charge is 0.461 e. The van der Waals surface area contributed by atoms with Crippen molar-refractivity contribution >= 4 is 5.78 Å². The maximum Gasteiger partial charge on any atom is 0.229 e. The third-order valence-corrected chi connectivity index (χ3v) is 2.72. The number of furan rings is 1. The molecule has 0 saturated carbocycles. The Morgan fingerprint density at radius 2 is 2.07 bits per heavy atom. The zero-order valence-electron chi connectivity index (χ0n) is 9.58. The fourth-order valence-electron chi connectivity index (χ4n) is 1.75. The van der Waals surface area contributed by atoms with Crippen LogP contribution in [0.1, 0.15) is 44.2 Å². The van der Waals surface area contributed by atoms with Crippen LogP contribution in [0.25, 0.3) is 0 Å². The molecule has 0 amide bonds. The SMILES string of the molecule is CCOC(CC)(CC)C(=O)c1ccco1. The fourth-order valence-corrected chi connectivity index (χ4v) is 1.75. The molecule has 0 atom stereocenters. The van der Waals surface area contributed by atoms with E-state index in [9.17, 15) is 4.79 Å². The van der Waals surface area contributed by atoms with Crippen molar-refractivity contribution in [1.29, 1.82) is 0 Å². The van der Waals surface area contributed by atoms with Crippen molar-refractivity contribution < 1.29 is 13.9 Å². The molecule has 1 aromatic heterocycles. The lowest BCUT2D eigenvalue weighted by Crippen LogP contribution is -2.40. The Balaban J connectivity index is 2.94. The molecule has 0 aliphatic heterocycles. The van der Waals surface area contributed by atoms with Gasteiger partial charge in [-0.3, -0.25) is 4.79 Å². The van der Waals surface area contributed by atoms with E-state index in [0.29, 0.717) is 25.2 Å². The molecule has 3 nitrogen and oxygen atoms in total. The van der Waals surface area contributed by atoms with Crippen molar-refractivity contribution in [2.75, 3.05) is 6.61 Å². The van der Waals surface area contributed by atoms with E-state index in [2.05, 4.69) is 0 Å². The van der Waals surface area contributed by atoms with Crippen LogP contribution < -0.4 is 0 Å². The van der Waals surface area contributed by atoms with Gasteiger partial charge in [-0.25, -0.2) is 0 Å². The second-order valence-corrected chi connectivity index (χ2v) is 3.44. The van der Waals surface area contributed by atoms with Crippen LogP contribution in [0.15, 0.2) is 22.8 Å². The molecule has 3 heteroatoms. The number of hydrogen-bond acceptors (Lipinski definition) is 3. The van der Waals surface area contributed by atoms with Gasteiger partial charge in [-0.05, 0) is 31.9 Å². The number of carbonyl (C=O) groups excluding carboxylic acids is 1. The average molecular weight is 210 g/mol. The zero-order valence-corrected chi connectivity index (χ0v) is 9.58. The summed E-state index contributed by atoms with van der Waals surface area (Å²) in [5.41, 5.74) is -0.716. The first-order valence-corrected chi connectivity index (χ1v) is 5.42. The molecule has 1 rings (SSSR count). The molecule has 0 radical (unpaired) electrons. The number of hydrogen-bond donors (Lipinski definition) is 0. The second kappa shape index (κ2) is 5.12. The smallest absolute Gasteiger partial charge is 0.229 e. The standard InChI is InChI=1S/C12H18O3/c1-4-12(5-2,15-6-3)11(13)10-8-7-9-14-10/h7-9H,4-6H2,1-3H3. The van der Waals surface area contributed by atoms with Gasteiger partial charge >= 0.3 is 0 Å². The zero-order chi connectivity index (χ0) is 11.3. The van der Waals surface area contributed by atoms with Gasteiger partial charge < -0.3 is 9.15 Å². The van der Waals surface area contributed by atoms with Crippen LogP contribution in [0, 0.1) is 0 Å². The third kappa shape index (κ3) is 2.29. The number of ether oxygens (including phenoxy) is 1. The minimum absolute atomic E-state index is 0.0562. The number of carbonyl (C=O) groups is 1. The molecule has 0 unspecified atom stereocenters. The molecule has 0 spiro atoms. The van der Waals surface area contributed by atoms with Crippen LogP contribution in [0.3, 0.4) is 0 Å². The number of rotatable bonds is 6. The van der Waals surface area contributed by atoms with Crippen molar-refractivity contribution in [3.63, 3.8) is 0 Å². The van der Waals surface area contributed by atoms with Gasteiger partial charge in [0.25, 0.3) is 0 Å². The van der Waals surface area contributed by atoms with Gasteiger partial charge in [-0.2, -0.15) is 0 Å². The first kappa shape index (κ1) is 12.0. The molecule has 0 saturated heterocycles. The maximum atomic E-state index is 12.2. The monoisotopic (exact) mass is 210 g/mol. The molecule has 1 aromatic rings. The molecule has 1 heterocycles. The average Bonchev–Trinajstić information content (AvgIpc) is 2.78. The summed E-state index contributed by atoms with van der Waals surface area (Å²) in [4.78, 5) is 12.2. The second-order valence-electron chi connectivity index (χ2n) is 3.44. The van der Waals surface area contributed by atoms with E-state index in [-0.39, 0.29) is 5.78 Å². The van der Waals surface area contributed by atoms with Crippen LogP contribution in [-0.2, 0) is 4.74 Å². The summed E-state index contributed by atoms with van der Waals surface area (Å²) in [6, 6.07) is 3.40. The van der Waals surface area contributed by atoms with Crippen molar-refractivity contribution in [3.8, 4) is 0 Å². The van der Waals surface area contributed by atoms with E-state index in [4.69, 9.17) is 9.15 Å². The quantitative estimate of drug-likeness (QED) is 0.677. The highest BCUT2D eigenvalue weighted by Gasteiger charge is 2.37. The summed E-state index contributed by atoms with van der Waals surface area (Å²) < 4.78 is 10.7. The van der Waals surface area contributed by atoms with E-state index >= 15 is 0 Å². The van der Waals surface area contributed by atoms with E-state index in [0.717, 1.165) is 0 Å².